The minimum atomic E-state index is -1.04. The van der Waals surface area contributed by atoms with E-state index in [1.807, 2.05) is 73.3 Å². The number of ether oxygens (including phenoxy) is 2. The number of aryl methyl sites for hydroxylation is 1. The van der Waals surface area contributed by atoms with Gasteiger partial charge >= 0.3 is 6.08 Å². The highest BCUT2D eigenvalue weighted by Crippen LogP contribution is 2.41. The number of fused-ring (bicyclic) bond motifs is 1. The van der Waals surface area contributed by atoms with E-state index < -0.39 is 11.9 Å². The first-order valence-electron chi connectivity index (χ1n) is 15.8. The zero-order valence-electron chi connectivity index (χ0n) is 27.5. The maximum atomic E-state index is 16.8. The lowest BCUT2D eigenvalue weighted by Gasteiger charge is -2.36. The van der Waals surface area contributed by atoms with E-state index in [2.05, 4.69) is 43.5 Å². The number of hydrogen-bond acceptors (Lipinski definition) is 8. The van der Waals surface area contributed by atoms with Gasteiger partial charge in [0.15, 0.2) is 5.82 Å². The van der Waals surface area contributed by atoms with Gasteiger partial charge in [-0.15, -0.1) is 0 Å². The van der Waals surface area contributed by atoms with E-state index in [9.17, 15) is 5.26 Å². The second-order valence-electron chi connectivity index (χ2n) is 12.2. The lowest BCUT2D eigenvalue weighted by atomic mass is 9.92. The Morgan fingerprint density at radius 1 is 0.980 bits per heavy atom. The molecule has 0 aliphatic carbocycles. The number of aromatic nitrogens is 3. The molecule has 0 N–H and O–H groups in total. The third-order valence-electron chi connectivity index (χ3n) is 8.92. The van der Waals surface area contributed by atoms with E-state index in [0.717, 1.165) is 28.2 Å². The summed E-state index contributed by atoms with van der Waals surface area (Å²) in [7, 11) is 3.25. The van der Waals surface area contributed by atoms with Crippen LogP contribution in [-0.2, 0) is 13.1 Å². The van der Waals surface area contributed by atoms with Gasteiger partial charge in [-0.1, -0.05) is 35.9 Å². The quantitative estimate of drug-likeness (QED) is 0.108. The molecule has 1 aliphatic rings. The molecule has 0 spiro atoms. The number of piperidine rings is 1. The lowest BCUT2D eigenvalue weighted by molar-refractivity contribution is 0.412. The van der Waals surface area contributed by atoms with Crippen molar-refractivity contribution in [1.29, 1.82) is 5.26 Å². The average Bonchev–Trinajstić information content (AvgIpc) is 3.10. The fourth-order valence-corrected chi connectivity index (χ4v) is 7.11. The van der Waals surface area contributed by atoms with Gasteiger partial charge in [-0.25, -0.2) is 9.37 Å². The Morgan fingerprint density at radius 2 is 1.59 bits per heavy atom. The molecule has 0 saturated carbocycles. The molecule has 0 unspecified atom stereocenters. The number of pyridine rings is 1. The molecule has 6 rings (SSSR count). The van der Waals surface area contributed by atoms with Gasteiger partial charge < -0.3 is 19.3 Å². The van der Waals surface area contributed by atoms with Crippen LogP contribution in [0.25, 0.3) is 22.2 Å². The fraction of sp³-hybridized carbons (Fsp3) is 0.297. The second-order valence-corrected chi connectivity index (χ2v) is 13.7. The lowest BCUT2D eigenvalue weighted by Crippen LogP contribution is -2.41. The molecule has 1 fully saturated rings. The van der Waals surface area contributed by atoms with Gasteiger partial charge in [0, 0.05) is 40.6 Å². The molecule has 0 bridgehead atoms. The van der Waals surface area contributed by atoms with Crippen LogP contribution in [-0.4, -0.2) is 41.8 Å². The van der Waals surface area contributed by atoms with Gasteiger partial charge in [0.05, 0.1) is 36.6 Å². The number of nitriles is 1. The molecular weight excluding hydrogens is 761 g/mol. The van der Waals surface area contributed by atoms with Crippen LogP contribution in [0.15, 0.2) is 60.7 Å². The summed E-state index contributed by atoms with van der Waals surface area (Å²) in [5.74, 6) is 1.50. The van der Waals surface area contributed by atoms with E-state index in [1.165, 1.54) is 0 Å². The third kappa shape index (κ3) is 7.21. The van der Waals surface area contributed by atoms with Crippen molar-refractivity contribution in [2.45, 2.75) is 45.8 Å². The van der Waals surface area contributed by atoms with Gasteiger partial charge in [0.25, 0.3) is 0 Å². The predicted molar refractivity (Wildman–Crippen MR) is 196 cm³/mol. The van der Waals surface area contributed by atoms with Gasteiger partial charge in [-0.05, 0) is 102 Å². The van der Waals surface area contributed by atoms with E-state index in [-0.39, 0.29) is 33.9 Å². The van der Waals surface area contributed by atoms with Crippen LogP contribution in [0.2, 0.25) is 5.02 Å². The number of rotatable bonds is 9. The van der Waals surface area contributed by atoms with Crippen molar-refractivity contribution < 1.29 is 18.3 Å². The van der Waals surface area contributed by atoms with Crippen molar-refractivity contribution in [3.05, 3.63) is 97.8 Å². The molecule has 3 aromatic carbocycles. The average molecular weight is 795 g/mol. The molecule has 3 heterocycles. The number of halogens is 4. The van der Waals surface area contributed by atoms with Gasteiger partial charge in [-0.2, -0.15) is 19.6 Å². The predicted octanol–water partition coefficient (Wildman–Crippen LogP) is 8.89. The number of benzene rings is 3. The van der Waals surface area contributed by atoms with E-state index in [0.29, 0.717) is 52.9 Å². The Kier molecular flexibility index (Phi) is 10.4. The first-order chi connectivity index (χ1) is 23.6. The Morgan fingerprint density at radius 3 is 2.14 bits per heavy atom. The Bertz CT molecular complexity index is 1990. The first kappa shape index (κ1) is 34.6. The number of hydrogen-bond donors (Lipinski definition) is 0. The molecule has 1 saturated heterocycles. The zero-order valence-corrected chi connectivity index (χ0v) is 30.4. The van der Waals surface area contributed by atoms with Crippen molar-refractivity contribution >= 4 is 56.7 Å². The molecule has 0 amide bonds. The first-order valence-corrected chi connectivity index (χ1v) is 17.3. The van der Waals surface area contributed by atoms with E-state index in [4.69, 9.17) is 26.1 Å². The maximum absolute atomic E-state index is 16.8. The molecule has 252 valence electrons. The summed E-state index contributed by atoms with van der Waals surface area (Å²) in [5, 5.41) is 9.85. The van der Waals surface area contributed by atoms with Crippen LogP contribution in [0, 0.1) is 39.6 Å². The Hall–Kier alpha value is -4.28. The Balaban J connectivity index is 1.45. The summed E-state index contributed by atoms with van der Waals surface area (Å²) in [6.45, 7) is 5.36. The van der Waals surface area contributed by atoms with Crippen LogP contribution >= 0.6 is 34.2 Å². The highest BCUT2D eigenvalue weighted by molar-refractivity contribution is 14.1. The monoisotopic (exact) mass is 794 g/mol. The summed E-state index contributed by atoms with van der Waals surface area (Å²) in [6, 6.07) is 21.4. The van der Waals surface area contributed by atoms with Gasteiger partial charge in [0.2, 0.25) is 0 Å². The van der Waals surface area contributed by atoms with Crippen molar-refractivity contribution in [3.63, 3.8) is 0 Å². The molecule has 49 heavy (non-hydrogen) atoms. The number of anilines is 2. The molecular formula is C37H34ClF2IN6O2. The van der Waals surface area contributed by atoms with Crippen molar-refractivity contribution in [1.82, 2.24) is 15.0 Å². The summed E-state index contributed by atoms with van der Waals surface area (Å²) >= 11 is 9.07. The third-order valence-corrected chi connectivity index (χ3v) is 10.6. The maximum Gasteiger partial charge on any atom is 0.311 e. The minimum absolute atomic E-state index is 0.0395. The SMILES string of the molecule is COc1ccc(CN(Cc2ccc(OC)cc2)c2cc(C)c(I)c(-c3c(Cl)cc4c(N5CC[C@@H](C#N)C[C@@H]5C)nc(F)nc4c3F)n2)cc1. The minimum Gasteiger partial charge on any atom is -0.497 e. The smallest absolute Gasteiger partial charge is 0.311 e. The van der Waals surface area contributed by atoms with Crippen molar-refractivity contribution in [3.8, 4) is 28.8 Å². The van der Waals surface area contributed by atoms with E-state index >= 15 is 8.78 Å². The summed E-state index contributed by atoms with van der Waals surface area (Å²) in [6.07, 6.45) is 0.150. The van der Waals surface area contributed by atoms with Crippen LogP contribution in [0.4, 0.5) is 20.4 Å². The highest BCUT2D eigenvalue weighted by atomic mass is 127. The molecule has 5 aromatic rings. The molecule has 12 heteroatoms. The Labute approximate surface area is 302 Å². The largest absolute Gasteiger partial charge is 0.497 e. The molecule has 8 nitrogen and oxygen atoms in total. The molecule has 0 radical (unpaired) electrons. The summed E-state index contributed by atoms with van der Waals surface area (Å²) < 4.78 is 43.2. The molecule has 2 atom stereocenters. The van der Waals surface area contributed by atoms with E-state index in [1.54, 1.807) is 20.3 Å². The number of methoxy groups -OCH3 is 2. The van der Waals surface area contributed by atoms with Gasteiger partial charge in [-0.3, -0.25) is 0 Å². The van der Waals surface area contributed by atoms with Crippen molar-refractivity contribution in [2.75, 3.05) is 30.6 Å². The van der Waals surface area contributed by atoms with Crippen LogP contribution < -0.4 is 19.3 Å². The topological polar surface area (TPSA) is 87.4 Å². The normalized spacial score (nSPS) is 16.0. The summed E-state index contributed by atoms with van der Waals surface area (Å²) in [5.41, 5.74) is 3.11. The van der Waals surface area contributed by atoms with Crippen LogP contribution in [0.3, 0.4) is 0 Å². The van der Waals surface area contributed by atoms with Gasteiger partial charge in [0.1, 0.15) is 28.7 Å². The number of nitrogens with zero attached hydrogens (tertiary/aromatic N) is 6. The van der Waals surface area contributed by atoms with Crippen molar-refractivity contribution in [2.24, 2.45) is 5.92 Å². The fourth-order valence-electron chi connectivity index (χ4n) is 6.28. The van der Waals surface area contributed by atoms with Crippen LogP contribution in [0.5, 0.6) is 11.5 Å². The second kappa shape index (κ2) is 14.7. The molecule has 1 aliphatic heterocycles. The standard InChI is InChI=1S/C37H34ClF2IN6O2/c1-21-15-30(46(19-23-5-9-26(48-3)10-6-23)20-24-7-11-27(49-4)12-8-24)43-35(33(21)41)31-29(38)17-28-34(32(31)39)44-37(40)45-36(28)47-14-13-25(18-42)16-22(47)2/h5-12,15,17,22,25H,13-14,16,19-20H2,1-4H3/t22-,25+/m0/s1. The summed E-state index contributed by atoms with van der Waals surface area (Å²) in [4.78, 5) is 17.0. The zero-order chi connectivity index (χ0) is 34.8. The highest BCUT2D eigenvalue weighted by Gasteiger charge is 2.30. The molecule has 2 aromatic heterocycles. The van der Waals surface area contributed by atoms with Crippen LogP contribution in [0.1, 0.15) is 36.5 Å².